The molecule has 0 radical (unpaired) electrons. The quantitative estimate of drug-likeness (QED) is 0.451. The average molecular weight is 430 g/mol. The number of hydrogen-bond donors (Lipinski definition) is 1. The van der Waals surface area contributed by atoms with E-state index in [9.17, 15) is 5.11 Å². The molecule has 1 atom stereocenters. The van der Waals surface area contributed by atoms with Gasteiger partial charge in [0.25, 0.3) is 0 Å². The molecular weight excluding hydrogens is 402 g/mol. The predicted molar refractivity (Wildman–Crippen MR) is 123 cm³/mol. The molecule has 4 aromatic rings. The van der Waals surface area contributed by atoms with Gasteiger partial charge < -0.3 is 14.4 Å². The fourth-order valence-electron chi connectivity index (χ4n) is 4.74. The standard InChI is InChI=1S/C26H27N3O3/c1-31-25-10-3-2-7-18(25)15-22-20-11-12-24(30)21(26(20)32-28-22)17-29-14-5-4-9-23(29)19-8-6-13-27-16-19/h2-3,6-8,10-13,16,23,30H,4-5,9,14-15,17H2,1H3/t23-/m0/s1. The van der Waals surface area contributed by atoms with Crippen LogP contribution in [0.2, 0.25) is 0 Å². The molecule has 1 aliphatic heterocycles. The van der Waals surface area contributed by atoms with Crippen LogP contribution in [0.4, 0.5) is 0 Å². The third-order valence-electron chi connectivity index (χ3n) is 6.39. The minimum Gasteiger partial charge on any atom is -0.507 e. The Labute approximate surface area is 187 Å². The second kappa shape index (κ2) is 9.01. The number of phenols is 1. The van der Waals surface area contributed by atoms with Crippen LogP contribution in [0, 0.1) is 0 Å². The summed E-state index contributed by atoms with van der Waals surface area (Å²) in [6.45, 7) is 1.57. The van der Waals surface area contributed by atoms with Crippen molar-refractivity contribution in [1.82, 2.24) is 15.0 Å². The molecule has 1 saturated heterocycles. The molecule has 0 saturated carbocycles. The van der Waals surface area contributed by atoms with Gasteiger partial charge in [0.2, 0.25) is 0 Å². The van der Waals surface area contributed by atoms with Crippen molar-refractivity contribution < 1.29 is 14.4 Å². The summed E-state index contributed by atoms with van der Waals surface area (Å²) in [6.07, 6.45) is 7.77. The van der Waals surface area contributed by atoms with E-state index in [4.69, 9.17) is 9.26 Å². The molecule has 0 bridgehead atoms. The van der Waals surface area contributed by atoms with Crippen LogP contribution < -0.4 is 4.74 Å². The largest absolute Gasteiger partial charge is 0.507 e. The number of fused-ring (bicyclic) bond motifs is 1. The number of ether oxygens (including phenoxy) is 1. The van der Waals surface area contributed by atoms with Crippen LogP contribution in [0.15, 0.2) is 65.4 Å². The van der Waals surface area contributed by atoms with Crippen molar-refractivity contribution in [3.8, 4) is 11.5 Å². The number of likely N-dealkylation sites (tertiary alicyclic amines) is 1. The number of nitrogens with zero attached hydrogens (tertiary/aromatic N) is 3. The van der Waals surface area contributed by atoms with Gasteiger partial charge in [0.05, 0.1) is 18.4 Å². The van der Waals surface area contributed by atoms with Crippen LogP contribution in [0.25, 0.3) is 11.0 Å². The molecule has 0 aliphatic carbocycles. The van der Waals surface area contributed by atoms with E-state index in [0.29, 0.717) is 18.5 Å². The number of aromatic hydroxyl groups is 1. The predicted octanol–water partition coefficient (Wildman–Crippen LogP) is 5.26. The Kier molecular flexibility index (Phi) is 5.77. The number of rotatable bonds is 6. The molecule has 1 aliphatic rings. The van der Waals surface area contributed by atoms with Crippen LogP contribution in [0.3, 0.4) is 0 Å². The lowest BCUT2D eigenvalue weighted by Gasteiger charge is -2.36. The highest BCUT2D eigenvalue weighted by Crippen LogP contribution is 2.37. The molecule has 6 heteroatoms. The molecule has 164 valence electrons. The van der Waals surface area contributed by atoms with Crippen LogP contribution in [0.5, 0.6) is 11.5 Å². The highest BCUT2D eigenvalue weighted by Gasteiger charge is 2.27. The lowest BCUT2D eigenvalue weighted by atomic mass is 9.95. The Balaban J connectivity index is 1.47. The summed E-state index contributed by atoms with van der Waals surface area (Å²) in [7, 11) is 1.67. The number of phenolic OH excluding ortho intramolecular Hbond substituents is 1. The molecule has 5 rings (SSSR count). The van der Waals surface area contributed by atoms with Crippen molar-refractivity contribution >= 4 is 11.0 Å². The third-order valence-corrected chi connectivity index (χ3v) is 6.39. The van der Waals surface area contributed by atoms with Gasteiger partial charge in [-0.05, 0) is 49.2 Å². The summed E-state index contributed by atoms with van der Waals surface area (Å²) in [4.78, 5) is 6.73. The fourth-order valence-corrected chi connectivity index (χ4v) is 4.74. The second-order valence-electron chi connectivity index (χ2n) is 8.33. The van der Waals surface area contributed by atoms with Crippen molar-refractivity contribution in [2.45, 2.75) is 38.3 Å². The number of piperidine rings is 1. The van der Waals surface area contributed by atoms with Crippen molar-refractivity contribution in [3.63, 3.8) is 0 Å². The first-order valence-electron chi connectivity index (χ1n) is 11.1. The average Bonchev–Trinajstić information content (AvgIpc) is 3.25. The van der Waals surface area contributed by atoms with E-state index in [1.54, 1.807) is 19.4 Å². The van der Waals surface area contributed by atoms with Gasteiger partial charge in [-0.1, -0.05) is 35.8 Å². The monoisotopic (exact) mass is 429 g/mol. The SMILES string of the molecule is COc1ccccc1Cc1noc2c(CN3CCCC[C@H]3c3cccnc3)c(O)ccc12. The molecule has 1 N–H and O–H groups in total. The molecule has 2 aromatic carbocycles. The number of aromatic nitrogens is 2. The summed E-state index contributed by atoms with van der Waals surface area (Å²) >= 11 is 0. The van der Waals surface area contributed by atoms with Crippen molar-refractivity contribution in [2.75, 3.05) is 13.7 Å². The van der Waals surface area contributed by atoms with E-state index in [-0.39, 0.29) is 11.8 Å². The van der Waals surface area contributed by atoms with Gasteiger partial charge in [0, 0.05) is 42.4 Å². The van der Waals surface area contributed by atoms with Gasteiger partial charge in [0.1, 0.15) is 11.5 Å². The summed E-state index contributed by atoms with van der Waals surface area (Å²) in [5, 5.41) is 16.0. The zero-order valence-electron chi connectivity index (χ0n) is 18.2. The zero-order valence-corrected chi connectivity index (χ0v) is 18.2. The summed E-state index contributed by atoms with van der Waals surface area (Å²) < 4.78 is 11.3. The smallest absolute Gasteiger partial charge is 0.175 e. The number of pyridine rings is 1. The molecule has 6 nitrogen and oxygen atoms in total. The Hall–Kier alpha value is -3.38. The Morgan fingerprint density at radius 3 is 2.88 bits per heavy atom. The highest BCUT2D eigenvalue weighted by atomic mass is 16.5. The van der Waals surface area contributed by atoms with Gasteiger partial charge in [0.15, 0.2) is 5.58 Å². The second-order valence-corrected chi connectivity index (χ2v) is 8.33. The first-order chi connectivity index (χ1) is 15.7. The van der Waals surface area contributed by atoms with Crippen molar-refractivity contribution in [3.05, 3.63) is 83.3 Å². The molecule has 3 heterocycles. The molecule has 32 heavy (non-hydrogen) atoms. The van der Waals surface area contributed by atoms with Crippen LogP contribution in [0.1, 0.15) is 47.7 Å². The molecule has 0 spiro atoms. The Morgan fingerprint density at radius 2 is 2.03 bits per heavy atom. The van der Waals surface area contributed by atoms with Gasteiger partial charge in [-0.25, -0.2) is 0 Å². The van der Waals surface area contributed by atoms with Crippen molar-refractivity contribution in [2.24, 2.45) is 0 Å². The molecule has 1 fully saturated rings. The zero-order chi connectivity index (χ0) is 21.9. The Morgan fingerprint density at radius 1 is 1.12 bits per heavy atom. The minimum atomic E-state index is 0.244. The molecule has 0 unspecified atom stereocenters. The fraction of sp³-hybridized carbons (Fsp3) is 0.308. The summed E-state index contributed by atoms with van der Waals surface area (Å²) in [6, 6.07) is 16.0. The van der Waals surface area contributed by atoms with E-state index in [1.165, 1.54) is 12.0 Å². The number of hydrogen-bond acceptors (Lipinski definition) is 6. The van der Waals surface area contributed by atoms with E-state index in [0.717, 1.165) is 47.3 Å². The van der Waals surface area contributed by atoms with E-state index >= 15 is 0 Å². The number of methoxy groups -OCH3 is 1. The maximum absolute atomic E-state index is 10.7. The van der Waals surface area contributed by atoms with Crippen LogP contribution >= 0.6 is 0 Å². The van der Waals surface area contributed by atoms with E-state index in [2.05, 4.69) is 21.1 Å². The van der Waals surface area contributed by atoms with Gasteiger partial charge in [-0.2, -0.15) is 0 Å². The van der Waals surface area contributed by atoms with Crippen molar-refractivity contribution in [1.29, 1.82) is 0 Å². The molecule has 0 amide bonds. The molecule has 2 aromatic heterocycles. The van der Waals surface area contributed by atoms with Gasteiger partial charge >= 0.3 is 0 Å². The first-order valence-corrected chi connectivity index (χ1v) is 11.1. The van der Waals surface area contributed by atoms with Gasteiger partial charge in [-0.15, -0.1) is 0 Å². The third kappa shape index (κ3) is 3.94. The number of benzene rings is 2. The topological polar surface area (TPSA) is 71.6 Å². The summed E-state index contributed by atoms with van der Waals surface area (Å²) in [5.74, 6) is 1.07. The lowest BCUT2D eigenvalue weighted by Crippen LogP contribution is -2.33. The number of para-hydroxylation sites is 1. The summed E-state index contributed by atoms with van der Waals surface area (Å²) in [5.41, 5.74) is 4.55. The first kappa shape index (κ1) is 20.5. The van der Waals surface area contributed by atoms with Crippen LogP contribution in [-0.4, -0.2) is 33.8 Å². The maximum Gasteiger partial charge on any atom is 0.175 e. The van der Waals surface area contributed by atoms with E-state index in [1.807, 2.05) is 42.6 Å². The lowest BCUT2D eigenvalue weighted by molar-refractivity contribution is 0.139. The Bertz CT molecular complexity index is 1210. The van der Waals surface area contributed by atoms with Gasteiger partial charge in [-0.3, -0.25) is 9.88 Å². The molecular formula is C26H27N3O3. The highest BCUT2D eigenvalue weighted by molar-refractivity contribution is 5.84. The normalized spacial score (nSPS) is 17.0. The van der Waals surface area contributed by atoms with E-state index < -0.39 is 0 Å². The van der Waals surface area contributed by atoms with Crippen LogP contribution in [-0.2, 0) is 13.0 Å². The maximum atomic E-state index is 10.7. The minimum absolute atomic E-state index is 0.244.